The number of aryl methyl sites for hydroxylation is 1. The van der Waals surface area contributed by atoms with E-state index in [1.54, 1.807) is 0 Å². The summed E-state index contributed by atoms with van der Waals surface area (Å²) in [6, 6.07) is 30.8. The van der Waals surface area contributed by atoms with Crippen LogP contribution in [0.15, 0.2) is 91.0 Å². The molecule has 4 heteroatoms. The highest BCUT2D eigenvalue weighted by Crippen LogP contribution is 2.48. The van der Waals surface area contributed by atoms with Crippen LogP contribution in [-0.4, -0.2) is 19.1 Å². The lowest BCUT2D eigenvalue weighted by Gasteiger charge is -2.21. The predicted molar refractivity (Wildman–Crippen MR) is 137 cm³/mol. The van der Waals surface area contributed by atoms with Crippen LogP contribution in [0, 0.1) is 6.92 Å². The van der Waals surface area contributed by atoms with Gasteiger partial charge in [0.1, 0.15) is 12.4 Å². The zero-order valence-electron chi connectivity index (χ0n) is 19.5. The number of amides is 1. The average molecular weight is 451 g/mol. The van der Waals surface area contributed by atoms with E-state index in [0.717, 1.165) is 31.5 Å². The fourth-order valence-corrected chi connectivity index (χ4v) is 4.52. The predicted octanol–water partition coefficient (Wildman–Crippen LogP) is 5.74. The molecule has 1 saturated carbocycles. The number of fused-ring (bicyclic) bond motifs is 1. The molecule has 0 bridgehead atoms. The number of nitrogens with one attached hydrogen (secondary N) is 2. The Balaban J connectivity index is 1.23. The number of benzene rings is 4. The molecule has 0 saturated heterocycles. The SMILES string of the molecule is Cc1ccc(OCCNCc2ccccc2)cc1C(=O)NC1(c2cccc3ccccc23)CC1. The molecule has 4 aromatic rings. The summed E-state index contributed by atoms with van der Waals surface area (Å²) in [6.07, 6.45) is 1.91. The van der Waals surface area contributed by atoms with E-state index in [4.69, 9.17) is 4.74 Å². The van der Waals surface area contributed by atoms with E-state index in [2.05, 4.69) is 65.2 Å². The first-order valence-electron chi connectivity index (χ1n) is 11.9. The van der Waals surface area contributed by atoms with Crippen molar-refractivity contribution < 1.29 is 9.53 Å². The van der Waals surface area contributed by atoms with E-state index in [1.165, 1.54) is 21.9 Å². The Kier molecular flexibility index (Phi) is 6.33. The molecule has 0 atom stereocenters. The summed E-state index contributed by atoms with van der Waals surface area (Å²) < 4.78 is 5.94. The van der Waals surface area contributed by atoms with E-state index < -0.39 is 0 Å². The van der Waals surface area contributed by atoms with E-state index >= 15 is 0 Å². The first-order chi connectivity index (χ1) is 16.6. The Morgan fingerprint density at radius 3 is 2.50 bits per heavy atom. The van der Waals surface area contributed by atoms with Gasteiger partial charge in [-0.1, -0.05) is 78.9 Å². The Morgan fingerprint density at radius 2 is 1.68 bits per heavy atom. The summed E-state index contributed by atoms with van der Waals surface area (Å²) in [5.74, 6) is 0.669. The summed E-state index contributed by atoms with van der Waals surface area (Å²) >= 11 is 0. The summed E-state index contributed by atoms with van der Waals surface area (Å²) in [5.41, 5.74) is 3.77. The van der Waals surface area contributed by atoms with E-state index in [9.17, 15) is 4.79 Å². The maximum Gasteiger partial charge on any atom is 0.252 e. The van der Waals surface area contributed by atoms with Crippen molar-refractivity contribution in [3.8, 4) is 5.75 Å². The normalized spacial score (nSPS) is 14.0. The molecule has 4 nitrogen and oxygen atoms in total. The fraction of sp³-hybridized carbons (Fsp3) is 0.233. The molecule has 34 heavy (non-hydrogen) atoms. The highest BCUT2D eigenvalue weighted by Gasteiger charge is 2.46. The molecule has 0 spiro atoms. The molecule has 0 radical (unpaired) electrons. The molecule has 0 aromatic heterocycles. The molecule has 1 aliphatic carbocycles. The molecule has 1 fully saturated rings. The lowest BCUT2D eigenvalue weighted by atomic mass is 9.96. The molecular weight excluding hydrogens is 420 g/mol. The third-order valence-corrected chi connectivity index (χ3v) is 6.58. The van der Waals surface area contributed by atoms with Crippen LogP contribution >= 0.6 is 0 Å². The van der Waals surface area contributed by atoms with Crippen LogP contribution in [0.1, 0.15) is 39.9 Å². The second-order valence-corrected chi connectivity index (χ2v) is 9.05. The summed E-state index contributed by atoms with van der Waals surface area (Å²) in [5, 5.41) is 9.15. The monoisotopic (exact) mass is 450 g/mol. The number of carbonyl (C=O) groups excluding carboxylic acids is 1. The smallest absolute Gasteiger partial charge is 0.252 e. The molecule has 0 heterocycles. The number of rotatable bonds is 9. The number of hydrogen-bond acceptors (Lipinski definition) is 3. The second-order valence-electron chi connectivity index (χ2n) is 9.05. The van der Waals surface area contributed by atoms with Crippen LogP contribution < -0.4 is 15.4 Å². The summed E-state index contributed by atoms with van der Waals surface area (Å²) in [4.78, 5) is 13.3. The number of carbonyl (C=O) groups is 1. The van der Waals surface area contributed by atoms with E-state index in [1.807, 2.05) is 43.3 Å². The van der Waals surface area contributed by atoms with Crippen LogP contribution in [0.2, 0.25) is 0 Å². The van der Waals surface area contributed by atoms with Gasteiger partial charge in [0.15, 0.2) is 0 Å². The van der Waals surface area contributed by atoms with Crippen molar-refractivity contribution >= 4 is 16.7 Å². The maximum atomic E-state index is 13.3. The van der Waals surface area contributed by atoms with Crippen molar-refractivity contribution in [3.63, 3.8) is 0 Å². The van der Waals surface area contributed by atoms with Crippen molar-refractivity contribution in [2.45, 2.75) is 31.8 Å². The number of ether oxygens (including phenoxy) is 1. The molecule has 2 N–H and O–H groups in total. The van der Waals surface area contributed by atoms with Crippen molar-refractivity contribution in [1.82, 2.24) is 10.6 Å². The maximum absolute atomic E-state index is 13.3. The van der Waals surface area contributed by atoms with Gasteiger partial charge in [0.25, 0.3) is 5.91 Å². The molecule has 1 aliphatic rings. The third kappa shape index (κ3) is 4.82. The average Bonchev–Trinajstić information content (AvgIpc) is 3.65. The molecule has 0 aliphatic heterocycles. The fourth-order valence-electron chi connectivity index (χ4n) is 4.52. The lowest BCUT2D eigenvalue weighted by Crippen LogP contribution is -2.35. The standard InChI is InChI=1S/C30H30N2O2/c1-22-14-15-25(34-19-18-31-21-23-8-3-2-4-9-23)20-27(22)29(33)32-30(16-17-30)28-13-7-11-24-10-5-6-12-26(24)28/h2-15,20,31H,16-19,21H2,1H3,(H,32,33). The number of hydrogen-bond donors (Lipinski definition) is 2. The van der Waals surface area contributed by atoms with Gasteiger partial charge < -0.3 is 15.4 Å². The minimum atomic E-state index is -0.289. The van der Waals surface area contributed by atoms with Crippen LogP contribution in [0.25, 0.3) is 10.8 Å². The second kappa shape index (κ2) is 9.70. The Labute approximate surface area is 201 Å². The first kappa shape index (κ1) is 22.2. The van der Waals surface area contributed by atoms with Crippen LogP contribution in [0.3, 0.4) is 0 Å². The molecule has 0 unspecified atom stereocenters. The van der Waals surface area contributed by atoms with Gasteiger partial charge in [-0.3, -0.25) is 4.79 Å². The van der Waals surface area contributed by atoms with E-state index in [-0.39, 0.29) is 11.4 Å². The summed E-state index contributed by atoms with van der Waals surface area (Å²) in [7, 11) is 0. The van der Waals surface area contributed by atoms with Crippen LogP contribution in [-0.2, 0) is 12.1 Å². The highest BCUT2D eigenvalue weighted by molar-refractivity contribution is 5.97. The van der Waals surface area contributed by atoms with Gasteiger partial charge in [-0.25, -0.2) is 0 Å². The minimum Gasteiger partial charge on any atom is -0.492 e. The van der Waals surface area contributed by atoms with Crippen molar-refractivity contribution in [3.05, 3.63) is 113 Å². The molecule has 1 amide bonds. The summed E-state index contributed by atoms with van der Waals surface area (Å²) in [6.45, 7) is 4.05. The first-order valence-corrected chi connectivity index (χ1v) is 11.9. The van der Waals surface area contributed by atoms with E-state index in [0.29, 0.717) is 17.9 Å². The van der Waals surface area contributed by atoms with Gasteiger partial charge in [0.2, 0.25) is 0 Å². The largest absolute Gasteiger partial charge is 0.492 e. The molecule has 172 valence electrons. The van der Waals surface area contributed by atoms with Crippen LogP contribution in [0.5, 0.6) is 5.75 Å². The zero-order chi connectivity index (χ0) is 23.4. The molecule has 4 aromatic carbocycles. The third-order valence-electron chi connectivity index (χ3n) is 6.58. The van der Waals surface area contributed by atoms with Crippen LogP contribution in [0.4, 0.5) is 0 Å². The topological polar surface area (TPSA) is 50.4 Å². The van der Waals surface area contributed by atoms with Crippen molar-refractivity contribution in [2.75, 3.05) is 13.2 Å². The van der Waals surface area contributed by atoms with Gasteiger partial charge in [-0.05, 0) is 59.4 Å². The Morgan fingerprint density at radius 1 is 0.912 bits per heavy atom. The zero-order valence-corrected chi connectivity index (χ0v) is 19.5. The Hall–Kier alpha value is -3.63. The highest BCUT2D eigenvalue weighted by atomic mass is 16.5. The van der Waals surface area contributed by atoms with Gasteiger partial charge in [-0.15, -0.1) is 0 Å². The Bertz CT molecular complexity index is 1290. The van der Waals surface area contributed by atoms with Crippen molar-refractivity contribution in [2.24, 2.45) is 0 Å². The van der Waals surface area contributed by atoms with Gasteiger partial charge >= 0.3 is 0 Å². The van der Waals surface area contributed by atoms with Gasteiger partial charge in [0.05, 0.1) is 5.54 Å². The van der Waals surface area contributed by atoms with Gasteiger partial charge in [0, 0.05) is 18.7 Å². The molecule has 5 rings (SSSR count). The van der Waals surface area contributed by atoms with Gasteiger partial charge in [-0.2, -0.15) is 0 Å². The molecular formula is C30H30N2O2. The lowest BCUT2D eigenvalue weighted by molar-refractivity contribution is 0.0930. The van der Waals surface area contributed by atoms with Crippen molar-refractivity contribution in [1.29, 1.82) is 0 Å². The minimum absolute atomic E-state index is 0.0458. The quantitative estimate of drug-likeness (QED) is 0.320.